The summed E-state index contributed by atoms with van der Waals surface area (Å²) in [5, 5.41) is 3.56. The molecule has 0 aliphatic carbocycles. The number of hydrogen-bond donors (Lipinski definition) is 1. The molecule has 0 spiro atoms. The predicted molar refractivity (Wildman–Crippen MR) is 90.1 cm³/mol. The average Bonchev–Trinajstić information content (AvgIpc) is 2.48. The molecule has 0 heterocycles. The summed E-state index contributed by atoms with van der Waals surface area (Å²) in [4.78, 5) is 13.1. The fourth-order valence-electron chi connectivity index (χ4n) is 1.87. The van der Waals surface area contributed by atoms with Crippen LogP contribution in [0.1, 0.15) is 11.1 Å². The fourth-order valence-corrected chi connectivity index (χ4v) is 2.84. The van der Waals surface area contributed by atoms with Crippen LogP contribution >= 0.6 is 23.4 Å². The zero-order valence-electron chi connectivity index (χ0n) is 11.9. The molecule has 4 heteroatoms. The third-order valence-corrected chi connectivity index (χ3v) is 4.41. The molecular weight excluding hydrogens is 302 g/mol. The van der Waals surface area contributed by atoms with Gasteiger partial charge >= 0.3 is 0 Å². The van der Waals surface area contributed by atoms with Gasteiger partial charge in [0, 0.05) is 22.2 Å². The SMILES string of the molecule is Cc1ccc(SCCNC(=O)Cc2ccccc2Cl)cc1. The molecule has 1 amide bonds. The van der Waals surface area contributed by atoms with Gasteiger partial charge in [-0.25, -0.2) is 0 Å². The van der Waals surface area contributed by atoms with Crippen LogP contribution in [0.2, 0.25) is 5.02 Å². The smallest absolute Gasteiger partial charge is 0.224 e. The van der Waals surface area contributed by atoms with Gasteiger partial charge in [-0.05, 0) is 30.7 Å². The van der Waals surface area contributed by atoms with Crippen LogP contribution in [0.3, 0.4) is 0 Å². The highest BCUT2D eigenvalue weighted by atomic mass is 35.5. The van der Waals surface area contributed by atoms with E-state index in [1.807, 2.05) is 18.2 Å². The van der Waals surface area contributed by atoms with E-state index in [1.165, 1.54) is 10.5 Å². The summed E-state index contributed by atoms with van der Waals surface area (Å²) in [5.74, 6) is 0.865. The number of benzene rings is 2. The molecule has 0 saturated heterocycles. The number of nitrogens with one attached hydrogen (secondary N) is 1. The van der Waals surface area contributed by atoms with Crippen LogP contribution in [0.15, 0.2) is 53.4 Å². The average molecular weight is 320 g/mol. The summed E-state index contributed by atoms with van der Waals surface area (Å²) < 4.78 is 0. The lowest BCUT2D eigenvalue weighted by Crippen LogP contribution is -2.27. The Labute approximate surface area is 134 Å². The summed E-state index contributed by atoms with van der Waals surface area (Å²) in [6, 6.07) is 15.8. The highest BCUT2D eigenvalue weighted by Crippen LogP contribution is 2.18. The van der Waals surface area contributed by atoms with Crippen molar-refractivity contribution in [3.8, 4) is 0 Å². The lowest BCUT2D eigenvalue weighted by Gasteiger charge is -2.06. The lowest BCUT2D eigenvalue weighted by molar-refractivity contribution is -0.120. The van der Waals surface area contributed by atoms with E-state index in [0.29, 0.717) is 18.0 Å². The number of thioether (sulfide) groups is 1. The van der Waals surface area contributed by atoms with Crippen LogP contribution in [0, 0.1) is 6.92 Å². The van der Waals surface area contributed by atoms with Crippen LogP contribution in [0.4, 0.5) is 0 Å². The van der Waals surface area contributed by atoms with E-state index in [0.717, 1.165) is 11.3 Å². The maximum absolute atomic E-state index is 11.8. The molecule has 21 heavy (non-hydrogen) atoms. The van der Waals surface area contributed by atoms with Gasteiger partial charge in [0.25, 0.3) is 0 Å². The van der Waals surface area contributed by atoms with Gasteiger partial charge < -0.3 is 5.32 Å². The second-order valence-corrected chi connectivity index (χ2v) is 6.36. The van der Waals surface area contributed by atoms with Crippen molar-refractivity contribution in [2.24, 2.45) is 0 Å². The fraction of sp³-hybridized carbons (Fsp3) is 0.235. The summed E-state index contributed by atoms with van der Waals surface area (Å²) >= 11 is 7.78. The predicted octanol–water partition coefficient (Wildman–Crippen LogP) is 4.10. The Morgan fingerprint density at radius 2 is 1.86 bits per heavy atom. The van der Waals surface area contributed by atoms with Crippen molar-refractivity contribution in [1.29, 1.82) is 0 Å². The molecule has 0 aliphatic heterocycles. The number of amides is 1. The van der Waals surface area contributed by atoms with Gasteiger partial charge in [-0.2, -0.15) is 0 Å². The number of carbonyl (C=O) groups excluding carboxylic acids is 1. The molecule has 2 nitrogen and oxygen atoms in total. The molecule has 1 N–H and O–H groups in total. The quantitative estimate of drug-likeness (QED) is 0.641. The maximum Gasteiger partial charge on any atom is 0.224 e. The van der Waals surface area contributed by atoms with Gasteiger partial charge in [0.1, 0.15) is 0 Å². The number of halogens is 1. The van der Waals surface area contributed by atoms with Crippen molar-refractivity contribution in [2.75, 3.05) is 12.3 Å². The molecule has 0 unspecified atom stereocenters. The summed E-state index contributed by atoms with van der Waals surface area (Å²) in [5.41, 5.74) is 2.12. The van der Waals surface area contributed by atoms with Crippen LogP contribution in [-0.4, -0.2) is 18.2 Å². The molecule has 2 rings (SSSR count). The Kier molecular flexibility index (Phi) is 6.15. The minimum absolute atomic E-state index is 0.00704. The van der Waals surface area contributed by atoms with Crippen LogP contribution in [0.25, 0.3) is 0 Å². The van der Waals surface area contributed by atoms with Crippen LogP contribution in [-0.2, 0) is 11.2 Å². The van der Waals surface area contributed by atoms with E-state index in [2.05, 4.69) is 36.5 Å². The van der Waals surface area contributed by atoms with E-state index in [1.54, 1.807) is 17.8 Å². The Balaban J connectivity index is 1.70. The van der Waals surface area contributed by atoms with E-state index >= 15 is 0 Å². The molecule has 0 bridgehead atoms. The zero-order chi connectivity index (χ0) is 15.1. The minimum atomic E-state index is 0.00704. The van der Waals surface area contributed by atoms with Crippen LogP contribution in [0.5, 0.6) is 0 Å². The van der Waals surface area contributed by atoms with Crippen molar-refractivity contribution in [2.45, 2.75) is 18.2 Å². The minimum Gasteiger partial charge on any atom is -0.355 e. The highest BCUT2D eigenvalue weighted by Gasteiger charge is 2.05. The highest BCUT2D eigenvalue weighted by molar-refractivity contribution is 7.99. The van der Waals surface area contributed by atoms with Crippen molar-refractivity contribution >= 4 is 29.3 Å². The molecule has 0 saturated carbocycles. The topological polar surface area (TPSA) is 29.1 Å². The Bertz CT molecular complexity index is 598. The molecule has 2 aromatic rings. The summed E-state index contributed by atoms with van der Waals surface area (Å²) in [7, 11) is 0. The van der Waals surface area contributed by atoms with Crippen LogP contribution < -0.4 is 5.32 Å². The van der Waals surface area contributed by atoms with Gasteiger partial charge in [0.05, 0.1) is 6.42 Å². The van der Waals surface area contributed by atoms with Crippen molar-refractivity contribution in [3.63, 3.8) is 0 Å². The second-order valence-electron chi connectivity index (χ2n) is 4.78. The van der Waals surface area contributed by atoms with E-state index in [4.69, 9.17) is 11.6 Å². The first-order valence-corrected chi connectivity index (χ1v) is 8.21. The summed E-state index contributed by atoms with van der Waals surface area (Å²) in [6.07, 6.45) is 0.328. The second kappa shape index (κ2) is 8.11. The van der Waals surface area contributed by atoms with Gasteiger partial charge in [0.2, 0.25) is 5.91 Å². The normalized spacial score (nSPS) is 10.4. The standard InChI is InChI=1S/C17H18ClNOS/c1-13-6-8-15(9-7-13)21-11-10-19-17(20)12-14-4-2-3-5-16(14)18/h2-9H,10-12H2,1H3,(H,19,20). The molecule has 2 aromatic carbocycles. The van der Waals surface area contributed by atoms with Gasteiger partial charge in [-0.3, -0.25) is 4.79 Å². The molecular formula is C17H18ClNOS. The first-order valence-electron chi connectivity index (χ1n) is 6.85. The first-order chi connectivity index (χ1) is 10.1. The third-order valence-electron chi connectivity index (χ3n) is 3.02. The van der Waals surface area contributed by atoms with E-state index < -0.39 is 0 Å². The number of aryl methyl sites for hydroxylation is 1. The van der Waals surface area contributed by atoms with E-state index in [-0.39, 0.29) is 5.91 Å². The number of rotatable bonds is 6. The maximum atomic E-state index is 11.8. The summed E-state index contributed by atoms with van der Waals surface area (Å²) in [6.45, 7) is 2.73. The largest absolute Gasteiger partial charge is 0.355 e. The molecule has 110 valence electrons. The Hall–Kier alpha value is -1.45. The van der Waals surface area contributed by atoms with Gasteiger partial charge in [0.15, 0.2) is 0 Å². The zero-order valence-corrected chi connectivity index (χ0v) is 13.5. The molecule has 0 fully saturated rings. The molecule has 0 radical (unpaired) electrons. The van der Waals surface area contributed by atoms with Crippen molar-refractivity contribution < 1.29 is 4.79 Å². The van der Waals surface area contributed by atoms with Crippen molar-refractivity contribution in [3.05, 3.63) is 64.7 Å². The third kappa shape index (κ3) is 5.44. The number of hydrogen-bond acceptors (Lipinski definition) is 2. The van der Waals surface area contributed by atoms with E-state index in [9.17, 15) is 4.79 Å². The first kappa shape index (κ1) is 15.9. The monoisotopic (exact) mass is 319 g/mol. The molecule has 0 aliphatic rings. The lowest BCUT2D eigenvalue weighted by atomic mass is 10.1. The van der Waals surface area contributed by atoms with Gasteiger partial charge in [-0.1, -0.05) is 47.5 Å². The Morgan fingerprint density at radius 1 is 1.14 bits per heavy atom. The Morgan fingerprint density at radius 3 is 2.57 bits per heavy atom. The van der Waals surface area contributed by atoms with Crippen molar-refractivity contribution in [1.82, 2.24) is 5.32 Å². The number of carbonyl (C=O) groups is 1. The van der Waals surface area contributed by atoms with Gasteiger partial charge in [-0.15, -0.1) is 11.8 Å². The molecule has 0 atom stereocenters. The molecule has 0 aromatic heterocycles.